The molecule has 1 saturated heterocycles. The molecule has 1 unspecified atom stereocenters. The van der Waals surface area contributed by atoms with Crippen LogP contribution in [0.5, 0.6) is 0 Å². The zero-order valence-electron chi connectivity index (χ0n) is 10.9. The van der Waals surface area contributed by atoms with Gasteiger partial charge in [-0.1, -0.05) is 6.92 Å². The second-order valence-corrected chi connectivity index (χ2v) is 4.86. The number of nitrogens with one attached hydrogen (secondary N) is 1. The van der Waals surface area contributed by atoms with Gasteiger partial charge in [-0.15, -0.1) is 0 Å². The normalized spacial score (nSPS) is 20.5. The average Bonchev–Trinajstić information content (AvgIpc) is 2.69. The minimum atomic E-state index is 0.635. The summed E-state index contributed by atoms with van der Waals surface area (Å²) < 4.78 is 7.69. The van der Waals surface area contributed by atoms with Crippen molar-refractivity contribution in [3.05, 3.63) is 11.9 Å². The first-order valence-corrected chi connectivity index (χ1v) is 6.65. The number of rotatable bonds is 5. The van der Waals surface area contributed by atoms with Crippen LogP contribution in [0.2, 0.25) is 0 Å². The fourth-order valence-electron chi connectivity index (χ4n) is 2.30. The molecule has 0 saturated carbocycles. The Morgan fingerprint density at radius 3 is 3.18 bits per heavy atom. The van der Waals surface area contributed by atoms with E-state index in [-0.39, 0.29) is 0 Å². The van der Waals surface area contributed by atoms with Gasteiger partial charge in [-0.05, 0) is 32.1 Å². The summed E-state index contributed by atoms with van der Waals surface area (Å²) in [5.74, 6) is 1.64. The van der Waals surface area contributed by atoms with E-state index in [1.54, 1.807) is 0 Å². The van der Waals surface area contributed by atoms with E-state index in [9.17, 15) is 0 Å². The fourth-order valence-corrected chi connectivity index (χ4v) is 2.30. The molecule has 1 aromatic rings. The highest BCUT2D eigenvalue weighted by molar-refractivity contribution is 5.28. The van der Waals surface area contributed by atoms with E-state index in [2.05, 4.69) is 28.0 Å². The van der Waals surface area contributed by atoms with Gasteiger partial charge in [0.05, 0.1) is 12.3 Å². The number of ether oxygens (including phenoxy) is 1. The molecule has 0 radical (unpaired) electrons. The maximum Gasteiger partial charge on any atom is 0.203 e. The summed E-state index contributed by atoms with van der Waals surface area (Å²) in [6, 6.07) is 0. The Kier molecular flexibility index (Phi) is 4.42. The zero-order valence-corrected chi connectivity index (χ0v) is 10.9. The Morgan fingerprint density at radius 1 is 1.59 bits per heavy atom. The average molecular weight is 237 g/mol. The van der Waals surface area contributed by atoms with Crippen LogP contribution in [-0.4, -0.2) is 29.3 Å². The Bertz CT molecular complexity index is 342. The molecule has 1 aliphatic heterocycles. The second-order valence-electron chi connectivity index (χ2n) is 4.86. The number of hydrogen-bond acceptors (Lipinski definition) is 3. The van der Waals surface area contributed by atoms with E-state index in [0.29, 0.717) is 5.92 Å². The van der Waals surface area contributed by atoms with Gasteiger partial charge in [-0.25, -0.2) is 4.98 Å². The molecule has 0 amide bonds. The molecule has 1 aromatic heterocycles. The van der Waals surface area contributed by atoms with Gasteiger partial charge in [-0.2, -0.15) is 0 Å². The molecule has 2 rings (SSSR count). The minimum absolute atomic E-state index is 0.635. The quantitative estimate of drug-likeness (QED) is 0.855. The van der Waals surface area contributed by atoms with Crippen molar-refractivity contribution >= 4 is 5.95 Å². The van der Waals surface area contributed by atoms with Crippen LogP contribution in [0.15, 0.2) is 6.20 Å². The van der Waals surface area contributed by atoms with Gasteiger partial charge in [0, 0.05) is 25.9 Å². The van der Waals surface area contributed by atoms with Crippen LogP contribution in [0.4, 0.5) is 5.95 Å². The molecular formula is C13H23N3O. The first-order valence-electron chi connectivity index (χ1n) is 6.65. The van der Waals surface area contributed by atoms with Crippen LogP contribution in [0.1, 0.15) is 31.9 Å². The lowest BCUT2D eigenvalue weighted by molar-refractivity contribution is 0.0594. The number of nitrogens with zero attached hydrogens (tertiary/aromatic N) is 2. The van der Waals surface area contributed by atoms with E-state index in [1.807, 2.05) is 6.92 Å². The monoisotopic (exact) mass is 237 g/mol. The van der Waals surface area contributed by atoms with Crippen LogP contribution < -0.4 is 5.32 Å². The lowest BCUT2D eigenvalue weighted by Crippen LogP contribution is -2.25. The van der Waals surface area contributed by atoms with Crippen LogP contribution in [0, 0.1) is 12.8 Å². The molecule has 4 heteroatoms. The fraction of sp³-hybridized carbons (Fsp3) is 0.769. The summed E-state index contributed by atoms with van der Waals surface area (Å²) in [7, 11) is 0. The molecule has 17 heavy (non-hydrogen) atoms. The molecule has 1 N–H and O–H groups in total. The molecule has 96 valence electrons. The third-order valence-corrected chi connectivity index (χ3v) is 3.16. The number of hydrogen-bond donors (Lipinski definition) is 1. The molecule has 4 nitrogen and oxygen atoms in total. The maximum absolute atomic E-state index is 5.49. The summed E-state index contributed by atoms with van der Waals surface area (Å²) in [6.45, 7) is 8.06. The first kappa shape index (κ1) is 12.4. The summed E-state index contributed by atoms with van der Waals surface area (Å²) in [4.78, 5) is 4.52. The Hall–Kier alpha value is -1.03. The molecule has 0 spiro atoms. The topological polar surface area (TPSA) is 39.1 Å². The predicted molar refractivity (Wildman–Crippen MR) is 69.3 cm³/mol. The molecule has 0 bridgehead atoms. The van der Waals surface area contributed by atoms with Crippen LogP contribution in [0.3, 0.4) is 0 Å². The standard InChI is InChI=1S/C13H23N3O/c1-3-6-16-9-11(2)15-13(16)14-8-12-5-4-7-17-10-12/h9,12H,3-8,10H2,1-2H3,(H,14,15). The van der Waals surface area contributed by atoms with Crippen molar-refractivity contribution in [2.45, 2.75) is 39.7 Å². The van der Waals surface area contributed by atoms with Crippen molar-refractivity contribution in [2.24, 2.45) is 5.92 Å². The lowest BCUT2D eigenvalue weighted by Gasteiger charge is -2.22. The Morgan fingerprint density at radius 2 is 2.47 bits per heavy atom. The molecule has 0 aromatic carbocycles. The number of imidazole rings is 1. The molecule has 2 heterocycles. The Labute approximate surface area is 103 Å². The van der Waals surface area contributed by atoms with Gasteiger partial charge in [-0.3, -0.25) is 0 Å². The van der Waals surface area contributed by atoms with Crippen LogP contribution in [0.25, 0.3) is 0 Å². The Balaban J connectivity index is 1.88. The third kappa shape index (κ3) is 3.46. The first-order chi connectivity index (χ1) is 8.29. The summed E-state index contributed by atoms with van der Waals surface area (Å²) >= 11 is 0. The van der Waals surface area contributed by atoms with Crippen molar-refractivity contribution in [1.82, 2.24) is 9.55 Å². The van der Waals surface area contributed by atoms with Crippen molar-refractivity contribution in [3.8, 4) is 0 Å². The number of anilines is 1. The van der Waals surface area contributed by atoms with E-state index >= 15 is 0 Å². The highest BCUT2D eigenvalue weighted by Crippen LogP contribution is 2.15. The van der Waals surface area contributed by atoms with Crippen LogP contribution >= 0.6 is 0 Å². The van der Waals surface area contributed by atoms with Gasteiger partial charge in [0.1, 0.15) is 0 Å². The van der Waals surface area contributed by atoms with Crippen molar-refractivity contribution < 1.29 is 4.74 Å². The van der Waals surface area contributed by atoms with E-state index in [0.717, 1.165) is 44.4 Å². The van der Waals surface area contributed by atoms with Crippen molar-refractivity contribution in [3.63, 3.8) is 0 Å². The molecule has 1 aliphatic rings. The summed E-state index contributed by atoms with van der Waals surface area (Å²) in [6.07, 6.45) is 5.70. The SMILES string of the molecule is CCCn1cc(C)nc1NCC1CCCOC1. The smallest absolute Gasteiger partial charge is 0.203 e. The van der Waals surface area contributed by atoms with Crippen molar-refractivity contribution in [2.75, 3.05) is 25.1 Å². The molecule has 0 aliphatic carbocycles. The minimum Gasteiger partial charge on any atom is -0.381 e. The van der Waals surface area contributed by atoms with Crippen molar-refractivity contribution in [1.29, 1.82) is 0 Å². The second kappa shape index (κ2) is 6.05. The highest BCUT2D eigenvalue weighted by atomic mass is 16.5. The van der Waals surface area contributed by atoms with Gasteiger partial charge < -0.3 is 14.6 Å². The van der Waals surface area contributed by atoms with E-state index in [1.165, 1.54) is 12.8 Å². The van der Waals surface area contributed by atoms with E-state index < -0.39 is 0 Å². The lowest BCUT2D eigenvalue weighted by atomic mass is 10.0. The van der Waals surface area contributed by atoms with Gasteiger partial charge >= 0.3 is 0 Å². The predicted octanol–water partition coefficient (Wildman–Crippen LogP) is 2.44. The summed E-state index contributed by atoms with van der Waals surface area (Å²) in [5, 5.41) is 3.46. The van der Waals surface area contributed by atoms with Gasteiger partial charge in [0.15, 0.2) is 0 Å². The third-order valence-electron chi connectivity index (χ3n) is 3.16. The molecule has 1 fully saturated rings. The maximum atomic E-state index is 5.49. The van der Waals surface area contributed by atoms with Gasteiger partial charge in [0.2, 0.25) is 5.95 Å². The van der Waals surface area contributed by atoms with Gasteiger partial charge in [0.25, 0.3) is 0 Å². The largest absolute Gasteiger partial charge is 0.381 e. The summed E-state index contributed by atoms with van der Waals surface area (Å²) in [5.41, 5.74) is 1.08. The number of aryl methyl sites for hydroxylation is 2. The van der Waals surface area contributed by atoms with Crippen LogP contribution in [-0.2, 0) is 11.3 Å². The number of aromatic nitrogens is 2. The molecular weight excluding hydrogens is 214 g/mol. The molecule has 1 atom stereocenters. The van der Waals surface area contributed by atoms with E-state index in [4.69, 9.17) is 4.74 Å². The highest BCUT2D eigenvalue weighted by Gasteiger charge is 2.14. The zero-order chi connectivity index (χ0) is 12.1.